The lowest BCUT2D eigenvalue weighted by molar-refractivity contribution is 0.0942. The van der Waals surface area contributed by atoms with Crippen LogP contribution in [0.1, 0.15) is 16.1 Å². The average Bonchev–Trinajstić information content (AvgIpc) is 3.05. The van der Waals surface area contributed by atoms with Crippen LogP contribution in [0.15, 0.2) is 60.8 Å². The first-order valence-corrected chi connectivity index (χ1v) is 7.39. The van der Waals surface area contributed by atoms with E-state index in [1.807, 2.05) is 30.3 Å². The van der Waals surface area contributed by atoms with Gasteiger partial charge < -0.3 is 10.1 Å². The van der Waals surface area contributed by atoms with Crippen molar-refractivity contribution >= 4 is 5.91 Å². The molecule has 3 aromatic rings. The molecule has 2 aromatic carbocycles. The number of benzene rings is 2. The minimum atomic E-state index is -0.384. The Bertz CT molecular complexity index is 846. The fourth-order valence-electron chi connectivity index (χ4n) is 2.29. The number of rotatable bonds is 5. The summed E-state index contributed by atoms with van der Waals surface area (Å²) in [7, 11) is 1.48. The molecule has 0 radical (unpaired) electrons. The van der Waals surface area contributed by atoms with Crippen LogP contribution in [-0.2, 0) is 6.54 Å². The molecule has 0 saturated heterocycles. The molecule has 0 fully saturated rings. The lowest BCUT2D eigenvalue weighted by Gasteiger charge is -2.05. The normalized spacial score (nSPS) is 10.4. The van der Waals surface area contributed by atoms with Crippen molar-refractivity contribution in [3.05, 3.63) is 77.9 Å². The topological polar surface area (TPSA) is 56.2 Å². The van der Waals surface area contributed by atoms with E-state index in [2.05, 4.69) is 10.4 Å². The van der Waals surface area contributed by atoms with Crippen molar-refractivity contribution in [2.75, 3.05) is 7.11 Å². The molecule has 1 amide bonds. The summed E-state index contributed by atoms with van der Waals surface area (Å²) in [5, 5.41) is 7.01. The summed E-state index contributed by atoms with van der Waals surface area (Å²) < 4.78 is 20.0. The Balaban J connectivity index is 1.78. The van der Waals surface area contributed by atoms with Crippen molar-refractivity contribution < 1.29 is 13.9 Å². The summed E-state index contributed by atoms with van der Waals surface area (Å²) in [6.45, 7) is 0.206. The highest BCUT2D eigenvalue weighted by molar-refractivity contribution is 5.94. The van der Waals surface area contributed by atoms with Crippen molar-refractivity contribution in [2.24, 2.45) is 0 Å². The van der Waals surface area contributed by atoms with E-state index in [1.54, 1.807) is 23.0 Å². The van der Waals surface area contributed by atoms with Gasteiger partial charge in [0.05, 0.1) is 19.0 Å². The van der Waals surface area contributed by atoms with Gasteiger partial charge in [0.25, 0.3) is 5.91 Å². The van der Waals surface area contributed by atoms with E-state index < -0.39 is 0 Å². The number of para-hydroxylation sites is 1. The van der Waals surface area contributed by atoms with E-state index in [9.17, 15) is 9.18 Å². The maximum absolute atomic E-state index is 13.2. The largest absolute Gasteiger partial charge is 0.493 e. The van der Waals surface area contributed by atoms with Crippen LogP contribution in [0.2, 0.25) is 0 Å². The molecular weight excluding hydrogens is 309 g/mol. The number of amides is 1. The summed E-state index contributed by atoms with van der Waals surface area (Å²) in [6, 6.07) is 15.5. The fraction of sp³-hybridized carbons (Fsp3) is 0.111. The van der Waals surface area contributed by atoms with Crippen LogP contribution in [0, 0.1) is 5.82 Å². The molecule has 6 heteroatoms. The zero-order chi connectivity index (χ0) is 16.9. The Hall–Kier alpha value is -3.15. The van der Waals surface area contributed by atoms with Crippen LogP contribution < -0.4 is 10.1 Å². The molecule has 0 aliphatic heterocycles. The number of halogens is 1. The van der Waals surface area contributed by atoms with Gasteiger partial charge in [0.1, 0.15) is 5.82 Å². The number of methoxy groups -OCH3 is 1. The number of carbonyl (C=O) groups excluding carboxylic acids is 1. The number of ether oxygens (including phenoxy) is 1. The standard InChI is InChI=1S/C18H16FN3O2/c1-24-16-12-22(15-8-3-2-4-9-15)21-17(16)18(23)20-11-13-6-5-7-14(19)10-13/h2-10,12H,11H2,1H3,(H,20,23). The van der Waals surface area contributed by atoms with Gasteiger partial charge in [-0.25, -0.2) is 9.07 Å². The first kappa shape index (κ1) is 15.7. The number of nitrogens with zero attached hydrogens (tertiary/aromatic N) is 2. The monoisotopic (exact) mass is 325 g/mol. The highest BCUT2D eigenvalue weighted by atomic mass is 19.1. The third kappa shape index (κ3) is 3.43. The molecule has 0 atom stereocenters. The van der Waals surface area contributed by atoms with Crippen molar-refractivity contribution in [3.63, 3.8) is 0 Å². The van der Waals surface area contributed by atoms with E-state index in [-0.39, 0.29) is 24.0 Å². The van der Waals surface area contributed by atoms with Crippen molar-refractivity contribution in [1.82, 2.24) is 15.1 Å². The minimum absolute atomic E-state index is 0.178. The second-order valence-electron chi connectivity index (χ2n) is 5.14. The Morgan fingerprint density at radius 2 is 2.00 bits per heavy atom. The van der Waals surface area contributed by atoms with Crippen molar-refractivity contribution in [2.45, 2.75) is 6.54 Å². The van der Waals surface area contributed by atoms with Crippen LogP contribution >= 0.6 is 0 Å². The van der Waals surface area contributed by atoms with Gasteiger partial charge in [-0.15, -0.1) is 0 Å². The molecule has 24 heavy (non-hydrogen) atoms. The summed E-state index contributed by atoms with van der Waals surface area (Å²) in [6.07, 6.45) is 1.65. The maximum atomic E-state index is 13.2. The zero-order valence-electron chi connectivity index (χ0n) is 13.1. The Morgan fingerprint density at radius 3 is 2.71 bits per heavy atom. The van der Waals surface area contributed by atoms with Gasteiger partial charge in [0.2, 0.25) is 0 Å². The first-order valence-electron chi connectivity index (χ1n) is 7.39. The van der Waals surface area contributed by atoms with Crippen LogP contribution in [0.4, 0.5) is 4.39 Å². The van der Waals surface area contributed by atoms with Crippen LogP contribution in [0.3, 0.4) is 0 Å². The van der Waals surface area contributed by atoms with E-state index in [0.717, 1.165) is 5.69 Å². The first-order chi connectivity index (χ1) is 11.7. The van der Waals surface area contributed by atoms with Gasteiger partial charge in [0, 0.05) is 6.54 Å². The predicted octanol–water partition coefficient (Wildman–Crippen LogP) is 2.95. The molecule has 0 aliphatic carbocycles. The summed E-state index contributed by atoms with van der Waals surface area (Å²) in [5.74, 6) is -0.353. The van der Waals surface area contributed by atoms with E-state index in [4.69, 9.17) is 4.74 Å². The molecule has 0 spiro atoms. The summed E-state index contributed by atoms with van der Waals surface area (Å²) in [4.78, 5) is 12.4. The molecular formula is C18H16FN3O2. The fourth-order valence-corrected chi connectivity index (χ4v) is 2.29. The molecule has 5 nitrogen and oxygen atoms in total. The van der Waals surface area contributed by atoms with E-state index >= 15 is 0 Å². The number of hydrogen-bond donors (Lipinski definition) is 1. The number of carbonyl (C=O) groups is 1. The number of hydrogen-bond acceptors (Lipinski definition) is 3. The van der Waals surface area contributed by atoms with Crippen LogP contribution in [0.5, 0.6) is 5.75 Å². The second kappa shape index (κ2) is 6.95. The molecule has 0 saturated carbocycles. The average molecular weight is 325 g/mol. The third-order valence-electron chi connectivity index (χ3n) is 3.48. The number of aromatic nitrogens is 2. The van der Waals surface area contributed by atoms with Crippen LogP contribution in [-0.4, -0.2) is 22.8 Å². The predicted molar refractivity (Wildman–Crippen MR) is 87.7 cm³/mol. The SMILES string of the molecule is COc1cn(-c2ccccc2)nc1C(=O)NCc1cccc(F)c1. The quantitative estimate of drug-likeness (QED) is 0.785. The Labute approximate surface area is 138 Å². The molecule has 3 rings (SSSR count). The molecule has 122 valence electrons. The second-order valence-corrected chi connectivity index (χ2v) is 5.14. The van der Waals surface area contributed by atoms with Gasteiger partial charge >= 0.3 is 0 Å². The van der Waals surface area contributed by atoms with Crippen molar-refractivity contribution in [3.8, 4) is 11.4 Å². The molecule has 1 aromatic heterocycles. The van der Waals surface area contributed by atoms with Gasteiger partial charge in [-0.05, 0) is 29.8 Å². The zero-order valence-corrected chi connectivity index (χ0v) is 13.1. The summed E-state index contributed by atoms with van der Waals surface area (Å²) in [5.41, 5.74) is 1.67. The highest BCUT2D eigenvalue weighted by Gasteiger charge is 2.18. The molecule has 0 bridgehead atoms. The third-order valence-corrected chi connectivity index (χ3v) is 3.48. The highest BCUT2D eigenvalue weighted by Crippen LogP contribution is 2.19. The van der Waals surface area contributed by atoms with Gasteiger partial charge in [0.15, 0.2) is 11.4 Å². The Kier molecular flexibility index (Phi) is 4.56. The maximum Gasteiger partial charge on any atom is 0.275 e. The minimum Gasteiger partial charge on any atom is -0.493 e. The van der Waals surface area contributed by atoms with E-state index in [1.165, 1.54) is 19.2 Å². The molecule has 0 unspecified atom stereocenters. The van der Waals surface area contributed by atoms with Crippen LogP contribution in [0.25, 0.3) is 5.69 Å². The Morgan fingerprint density at radius 1 is 1.21 bits per heavy atom. The smallest absolute Gasteiger partial charge is 0.275 e. The molecule has 1 N–H and O–H groups in total. The number of nitrogens with one attached hydrogen (secondary N) is 1. The van der Waals surface area contributed by atoms with Crippen molar-refractivity contribution in [1.29, 1.82) is 0 Å². The molecule has 1 heterocycles. The lowest BCUT2D eigenvalue weighted by Crippen LogP contribution is -2.24. The lowest BCUT2D eigenvalue weighted by atomic mass is 10.2. The van der Waals surface area contributed by atoms with Gasteiger partial charge in [-0.1, -0.05) is 30.3 Å². The molecule has 0 aliphatic rings. The van der Waals surface area contributed by atoms with E-state index in [0.29, 0.717) is 11.3 Å². The van der Waals surface area contributed by atoms with Gasteiger partial charge in [-0.3, -0.25) is 4.79 Å². The van der Waals surface area contributed by atoms with Gasteiger partial charge in [-0.2, -0.15) is 5.10 Å². The summed E-state index contributed by atoms with van der Waals surface area (Å²) >= 11 is 0.